The smallest absolute Gasteiger partial charge is 0.251 e. The van der Waals surface area contributed by atoms with E-state index in [9.17, 15) is 4.79 Å². The van der Waals surface area contributed by atoms with Gasteiger partial charge in [-0.2, -0.15) is 5.26 Å². The number of hydrogen-bond acceptors (Lipinski definition) is 2. The lowest BCUT2D eigenvalue weighted by molar-refractivity contribution is 0.0940. The van der Waals surface area contributed by atoms with Crippen LogP contribution in [-0.4, -0.2) is 11.9 Å². The molecule has 1 rings (SSSR count). The average Bonchev–Trinajstić information content (AvgIpc) is 2.21. The summed E-state index contributed by atoms with van der Waals surface area (Å²) >= 11 is 0. The van der Waals surface area contributed by atoms with Crippen LogP contribution in [0.2, 0.25) is 0 Å². The van der Waals surface area contributed by atoms with E-state index < -0.39 is 0 Å². The van der Waals surface area contributed by atoms with Gasteiger partial charge in [0.15, 0.2) is 0 Å². The molecule has 0 radical (unpaired) electrons. The molecule has 1 atom stereocenters. The van der Waals surface area contributed by atoms with E-state index in [4.69, 9.17) is 5.26 Å². The molecule has 0 aromatic heterocycles. The van der Waals surface area contributed by atoms with Crippen molar-refractivity contribution >= 4 is 5.91 Å². The number of amides is 1. The zero-order chi connectivity index (χ0) is 12.1. The van der Waals surface area contributed by atoms with Crippen LogP contribution in [0.5, 0.6) is 0 Å². The summed E-state index contributed by atoms with van der Waals surface area (Å²) in [5, 5.41) is 11.3. The van der Waals surface area contributed by atoms with Gasteiger partial charge in [0.2, 0.25) is 0 Å². The minimum absolute atomic E-state index is 0.107. The Kier molecular flexibility index (Phi) is 4.07. The number of aryl methyl sites for hydroxylation is 2. The molecule has 3 nitrogen and oxygen atoms in total. The third-order valence-electron chi connectivity index (χ3n) is 2.41. The van der Waals surface area contributed by atoms with E-state index in [1.165, 1.54) is 0 Å². The van der Waals surface area contributed by atoms with Crippen LogP contribution in [0.15, 0.2) is 18.2 Å². The standard InChI is InChI=1S/C13H16N2O/c1-9-4-5-10(2)12(8-9)13(16)15-11(3)6-7-14/h4-5,8,11H,6H2,1-3H3,(H,15,16). The number of hydrogen-bond donors (Lipinski definition) is 1. The Bertz CT molecular complexity index is 432. The van der Waals surface area contributed by atoms with Gasteiger partial charge < -0.3 is 5.32 Å². The third kappa shape index (κ3) is 3.09. The minimum Gasteiger partial charge on any atom is -0.349 e. The quantitative estimate of drug-likeness (QED) is 0.843. The Morgan fingerprint density at radius 3 is 2.81 bits per heavy atom. The normalized spacial score (nSPS) is 11.6. The van der Waals surface area contributed by atoms with Gasteiger partial charge in [-0.25, -0.2) is 0 Å². The SMILES string of the molecule is Cc1ccc(C)c(C(=O)NC(C)CC#N)c1. The summed E-state index contributed by atoms with van der Waals surface area (Å²) in [7, 11) is 0. The van der Waals surface area contributed by atoms with E-state index in [-0.39, 0.29) is 11.9 Å². The van der Waals surface area contributed by atoms with Crippen LogP contribution in [0.1, 0.15) is 34.8 Å². The van der Waals surface area contributed by atoms with E-state index >= 15 is 0 Å². The first-order chi connectivity index (χ1) is 7.54. The molecule has 3 heteroatoms. The fourth-order valence-electron chi connectivity index (χ4n) is 1.47. The van der Waals surface area contributed by atoms with Crippen molar-refractivity contribution in [2.45, 2.75) is 33.2 Å². The molecule has 16 heavy (non-hydrogen) atoms. The molecule has 0 fully saturated rings. The van der Waals surface area contributed by atoms with E-state index in [0.29, 0.717) is 12.0 Å². The number of rotatable bonds is 3. The molecule has 0 aliphatic heterocycles. The highest BCUT2D eigenvalue weighted by Gasteiger charge is 2.11. The molecule has 1 N–H and O–H groups in total. The second-order valence-corrected chi connectivity index (χ2v) is 4.06. The summed E-state index contributed by atoms with van der Waals surface area (Å²) < 4.78 is 0. The average molecular weight is 216 g/mol. The van der Waals surface area contributed by atoms with Gasteiger partial charge in [0.25, 0.3) is 5.91 Å². The second kappa shape index (κ2) is 5.32. The molecule has 1 amide bonds. The highest BCUT2D eigenvalue weighted by atomic mass is 16.1. The molecule has 1 aromatic carbocycles. The highest BCUT2D eigenvalue weighted by Crippen LogP contribution is 2.10. The zero-order valence-electron chi connectivity index (χ0n) is 9.87. The van der Waals surface area contributed by atoms with Crippen LogP contribution >= 0.6 is 0 Å². The van der Waals surface area contributed by atoms with Crippen LogP contribution in [0.4, 0.5) is 0 Å². The van der Waals surface area contributed by atoms with Crippen molar-refractivity contribution in [2.75, 3.05) is 0 Å². The third-order valence-corrected chi connectivity index (χ3v) is 2.41. The van der Waals surface area contributed by atoms with Crippen molar-refractivity contribution in [3.63, 3.8) is 0 Å². The van der Waals surface area contributed by atoms with Gasteiger partial charge in [-0.05, 0) is 32.4 Å². The molecule has 0 heterocycles. The molecule has 0 saturated heterocycles. The Labute approximate surface area is 96.1 Å². The van der Waals surface area contributed by atoms with Crippen molar-refractivity contribution in [1.82, 2.24) is 5.32 Å². The Balaban J connectivity index is 2.81. The van der Waals surface area contributed by atoms with Crippen molar-refractivity contribution < 1.29 is 4.79 Å². The fourth-order valence-corrected chi connectivity index (χ4v) is 1.47. The number of benzene rings is 1. The summed E-state index contributed by atoms with van der Waals surface area (Å²) in [6, 6.07) is 7.69. The van der Waals surface area contributed by atoms with Gasteiger partial charge >= 0.3 is 0 Å². The Morgan fingerprint density at radius 2 is 2.19 bits per heavy atom. The van der Waals surface area contributed by atoms with Gasteiger partial charge in [-0.15, -0.1) is 0 Å². The van der Waals surface area contributed by atoms with Crippen molar-refractivity contribution in [2.24, 2.45) is 0 Å². The summed E-state index contributed by atoms with van der Waals surface area (Å²) in [6.07, 6.45) is 0.330. The Hall–Kier alpha value is -1.82. The van der Waals surface area contributed by atoms with Crippen molar-refractivity contribution in [1.29, 1.82) is 5.26 Å². The summed E-state index contributed by atoms with van der Waals surface area (Å²) in [5.74, 6) is -0.107. The predicted octanol–water partition coefficient (Wildman–Crippen LogP) is 2.34. The molecule has 0 saturated carbocycles. The van der Waals surface area contributed by atoms with E-state index in [1.807, 2.05) is 45.0 Å². The Morgan fingerprint density at radius 1 is 1.50 bits per heavy atom. The van der Waals surface area contributed by atoms with E-state index in [2.05, 4.69) is 5.32 Å². The van der Waals surface area contributed by atoms with Crippen LogP contribution in [0, 0.1) is 25.2 Å². The summed E-state index contributed by atoms with van der Waals surface area (Å²) in [6.45, 7) is 5.69. The van der Waals surface area contributed by atoms with E-state index in [0.717, 1.165) is 11.1 Å². The maximum atomic E-state index is 11.9. The molecule has 1 unspecified atom stereocenters. The maximum Gasteiger partial charge on any atom is 0.251 e. The monoisotopic (exact) mass is 216 g/mol. The minimum atomic E-state index is -0.114. The number of nitriles is 1. The molecule has 0 aliphatic carbocycles. The van der Waals surface area contributed by atoms with Crippen LogP contribution in [0.3, 0.4) is 0 Å². The molecule has 0 bridgehead atoms. The first kappa shape index (κ1) is 12.3. The topological polar surface area (TPSA) is 52.9 Å². The number of nitrogens with zero attached hydrogens (tertiary/aromatic N) is 1. The van der Waals surface area contributed by atoms with E-state index in [1.54, 1.807) is 0 Å². The van der Waals surface area contributed by atoms with Crippen LogP contribution < -0.4 is 5.32 Å². The lowest BCUT2D eigenvalue weighted by Gasteiger charge is -2.12. The molecular formula is C13H16N2O. The zero-order valence-corrected chi connectivity index (χ0v) is 9.87. The number of carbonyl (C=O) groups is 1. The first-order valence-electron chi connectivity index (χ1n) is 5.29. The molecule has 0 aliphatic rings. The van der Waals surface area contributed by atoms with Gasteiger partial charge in [0.1, 0.15) is 0 Å². The first-order valence-corrected chi connectivity index (χ1v) is 5.29. The molecule has 84 valence electrons. The largest absolute Gasteiger partial charge is 0.349 e. The fraction of sp³-hybridized carbons (Fsp3) is 0.385. The predicted molar refractivity (Wildman–Crippen MR) is 63.1 cm³/mol. The summed E-state index contributed by atoms with van der Waals surface area (Å²) in [5.41, 5.74) is 2.70. The maximum absolute atomic E-state index is 11.9. The van der Waals surface area contributed by atoms with Crippen molar-refractivity contribution in [3.8, 4) is 6.07 Å². The highest BCUT2D eigenvalue weighted by molar-refractivity contribution is 5.95. The second-order valence-electron chi connectivity index (χ2n) is 4.06. The molecular weight excluding hydrogens is 200 g/mol. The molecule has 0 spiro atoms. The van der Waals surface area contributed by atoms with Crippen molar-refractivity contribution in [3.05, 3.63) is 34.9 Å². The number of carbonyl (C=O) groups excluding carboxylic acids is 1. The van der Waals surface area contributed by atoms with Crippen LogP contribution in [-0.2, 0) is 0 Å². The van der Waals surface area contributed by atoms with Gasteiger partial charge in [-0.1, -0.05) is 17.7 Å². The molecule has 1 aromatic rings. The lowest BCUT2D eigenvalue weighted by atomic mass is 10.0. The van der Waals surface area contributed by atoms with Gasteiger partial charge in [0, 0.05) is 11.6 Å². The number of nitrogens with one attached hydrogen (secondary N) is 1. The summed E-state index contributed by atoms with van der Waals surface area (Å²) in [4.78, 5) is 11.9. The van der Waals surface area contributed by atoms with Gasteiger partial charge in [0.05, 0.1) is 12.5 Å². The van der Waals surface area contributed by atoms with Gasteiger partial charge in [-0.3, -0.25) is 4.79 Å². The van der Waals surface area contributed by atoms with Crippen LogP contribution in [0.25, 0.3) is 0 Å². The lowest BCUT2D eigenvalue weighted by Crippen LogP contribution is -2.32.